The van der Waals surface area contributed by atoms with Crippen molar-refractivity contribution in [1.29, 1.82) is 0 Å². The summed E-state index contributed by atoms with van der Waals surface area (Å²) in [5.41, 5.74) is 0. The van der Waals surface area contributed by atoms with Crippen LogP contribution in [-0.2, 0) is 11.3 Å². The summed E-state index contributed by atoms with van der Waals surface area (Å²) < 4.78 is 2.15. The van der Waals surface area contributed by atoms with Crippen molar-refractivity contribution in [1.82, 2.24) is 4.57 Å². The molecule has 5 heteroatoms. The van der Waals surface area contributed by atoms with Gasteiger partial charge in [0.1, 0.15) is 0 Å². The lowest BCUT2D eigenvalue weighted by atomic mass is 9.97. The monoisotopic (exact) mass is 266 g/mol. The summed E-state index contributed by atoms with van der Waals surface area (Å²) >= 11 is 0. The van der Waals surface area contributed by atoms with Crippen molar-refractivity contribution in [3.63, 3.8) is 0 Å². The third-order valence-corrected chi connectivity index (χ3v) is 2.72. The summed E-state index contributed by atoms with van der Waals surface area (Å²) in [5.74, 6) is -0.442. The zero-order valence-corrected chi connectivity index (χ0v) is 12.1. The van der Waals surface area contributed by atoms with Gasteiger partial charge in [0.15, 0.2) is 0 Å². The van der Waals surface area contributed by atoms with Gasteiger partial charge >= 0.3 is 0 Å². The minimum Gasteiger partial charge on any atom is -0.481 e. The molecule has 0 unspecified atom stereocenters. The Labute approximate surface area is 118 Å². The first-order valence-corrected chi connectivity index (χ1v) is 6.45. The molecule has 2 atom stereocenters. The van der Waals surface area contributed by atoms with Gasteiger partial charge in [-0.25, -0.2) is 0 Å². The first kappa shape index (κ1) is 20.1. The number of hydrogen-bond donors (Lipinski definition) is 2. The standard InChI is InChI=1S/C12H21NO.C2H4O2.B/c1-3-4-7-12(11(2)14)10-13-8-5-6-9-13;1-2(3)4;/h5-6,8-9,11-12,14H,3-4,7,10H2,1-2H3;1H3,(H,3,4);/t11-,12+;;/m1../s1. The number of hydrogen-bond acceptors (Lipinski definition) is 2. The Kier molecular flexibility index (Phi) is 12.5. The minimum absolute atomic E-state index is 0. The minimum atomic E-state index is -0.833. The van der Waals surface area contributed by atoms with Gasteiger partial charge in [0.25, 0.3) is 5.97 Å². The van der Waals surface area contributed by atoms with Crippen LogP contribution < -0.4 is 0 Å². The molecular formula is C14H25BNO3. The molecule has 1 heterocycles. The van der Waals surface area contributed by atoms with E-state index in [0.717, 1.165) is 19.9 Å². The maximum atomic E-state index is 9.62. The molecule has 0 aliphatic carbocycles. The van der Waals surface area contributed by atoms with Crippen molar-refractivity contribution in [2.75, 3.05) is 0 Å². The highest BCUT2D eigenvalue weighted by molar-refractivity contribution is 5.75. The lowest BCUT2D eigenvalue weighted by Crippen LogP contribution is -2.21. The molecular weight excluding hydrogens is 241 g/mol. The summed E-state index contributed by atoms with van der Waals surface area (Å²) in [5, 5.41) is 17.0. The molecule has 4 nitrogen and oxygen atoms in total. The second-order valence-corrected chi connectivity index (χ2v) is 4.54. The van der Waals surface area contributed by atoms with Crippen LogP contribution in [0.25, 0.3) is 0 Å². The molecule has 0 aliphatic heterocycles. The molecule has 1 aromatic heterocycles. The second kappa shape index (κ2) is 11.8. The van der Waals surface area contributed by atoms with Crippen molar-refractivity contribution in [2.45, 2.75) is 52.7 Å². The normalized spacial score (nSPS) is 12.6. The van der Waals surface area contributed by atoms with Crippen molar-refractivity contribution in [3.05, 3.63) is 24.5 Å². The number of aromatic nitrogens is 1. The molecule has 3 radical (unpaired) electrons. The van der Waals surface area contributed by atoms with Crippen LogP contribution in [0.3, 0.4) is 0 Å². The Morgan fingerprint density at radius 1 is 1.32 bits per heavy atom. The van der Waals surface area contributed by atoms with E-state index in [0.29, 0.717) is 5.92 Å². The van der Waals surface area contributed by atoms with Crippen LogP contribution in [0.5, 0.6) is 0 Å². The van der Waals surface area contributed by atoms with Crippen molar-refractivity contribution in [2.24, 2.45) is 5.92 Å². The SMILES string of the molecule is CC(=O)O.CCCC[C@@H](Cn1cccc1)[C@@H](C)O.[B]. The summed E-state index contributed by atoms with van der Waals surface area (Å²) in [4.78, 5) is 9.00. The van der Waals surface area contributed by atoms with Crippen LogP contribution in [0, 0.1) is 5.92 Å². The van der Waals surface area contributed by atoms with E-state index >= 15 is 0 Å². The molecule has 19 heavy (non-hydrogen) atoms. The number of nitrogens with zero attached hydrogens (tertiary/aromatic N) is 1. The van der Waals surface area contributed by atoms with Gasteiger partial charge < -0.3 is 14.8 Å². The highest BCUT2D eigenvalue weighted by Crippen LogP contribution is 2.15. The number of unbranched alkanes of at least 4 members (excludes halogenated alkanes) is 1. The van der Waals surface area contributed by atoms with E-state index < -0.39 is 5.97 Å². The van der Waals surface area contributed by atoms with Gasteiger partial charge in [-0.2, -0.15) is 0 Å². The van der Waals surface area contributed by atoms with E-state index in [4.69, 9.17) is 9.90 Å². The molecule has 0 saturated carbocycles. The van der Waals surface area contributed by atoms with Crippen LogP contribution in [-0.4, -0.2) is 35.3 Å². The predicted molar refractivity (Wildman–Crippen MR) is 78.2 cm³/mol. The molecule has 2 N–H and O–H groups in total. The van der Waals surface area contributed by atoms with Gasteiger partial charge in [-0.1, -0.05) is 19.8 Å². The van der Waals surface area contributed by atoms with Crippen LogP contribution in [0.2, 0.25) is 0 Å². The van der Waals surface area contributed by atoms with Gasteiger partial charge in [-0.15, -0.1) is 0 Å². The molecule has 0 fully saturated rings. The van der Waals surface area contributed by atoms with Crippen molar-refractivity contribution < 1.29 is 15.0 Å². The number of carbonyl (C=O) groups is 1. The molecule has 0 bridgehead atoms. The number of aliphatic hydroxyl groups is 1. The lowest BCUT2D eigenvalue weighted by molar-refractivity contribution is -0.134. The molecule has 107 valence electrons. The number of carboxylic acid groups (broad SMARTS) is 1. The average molecular weight is 266 g/mol. The fraction of sp³-hybridized carbons (Fsp3) is 0.643. The smallest absolute Gasteiger partial charge is 0.300 e. The van der Waals surface area contributed by atoms with Crippen LogP contribution in [0.4, 0.5) is 0 Å². The van der Waals surface area contributed by atoms with Gasteiger partial charge in [0, 0.05) is 40.2 Å². The summed E-state index contributed by atoms with van der Waals surface area (Å²) in [6.07, 6.45) is 7.43. The number of rotatable bonds is 6. The average Bonchev–Trinajstić information content (AvgIpc) is 2.75. The van der Waals surface area contributed by atoms with Crippen LogP contribution in [0.15, 0.2) is 24.5 Å². The number of carboxylic acids is 1. The Balaban J connectivity index is 0. The maximum Gasteiger partial charge on any atom is 0.300 e. The molecule has 0 amide bonds. The van der Waals surface area contributed by atoms with E-state index in [1.54, 1.807) is 0 Å². The molecule has 0 aromatic carbocycles. The summed E-state index contributed by atoms with van der Waals surface area (Å²) in [7, 11) is 0. The van der Waals surface area contributed by atoms with Gasteiger partial charge in [-0.3, -0.25) is 4.79 Å². The van der Waals surface area contributed by atoms with E-state index in [2.05, 4.69) is 23.9 Å². The molecule has 1 aromatic rings. The van der Waals surface area contributed by atoms with E-state index in [1.165, 1.54) is 12.8 Å². The van der Waals surface area contributed by atoms with Crippen molar-refractivity contribution >= 4 is 14.4 Å². The van der Waals surface area contributed by atoms with E-state index in [9.17, 15) is 5.11 Å². The summed E-state index contributed by atoms with van der Waals surface area (Å²) in [6.45, 7) is 6.10. The molecule has 0 aliphatic rings. The Bertz CT molecular complexity index is 309. The zero-order chi connectivity index (χ0) is 14.0. The third-order valence-electron chi connectivity index (χ3n) is 2.72. The topological polar surface area (TPSA) is 62.5 Å². The Morgan fingerprint density at radius 2 is 1.79 bits per heavy atom. The number of aliphatic hydroxyl groups excluding tert-OH is 1. The highest BCUT2D eigenvalue weighted by Gasteiger charge is 2.14. The predicted octanol–water partition coefficient (Wildman–Crippen LogP) is 2.39. The van der Waals surface area contributed by atoms with E-state index in [1.807, 2.05) is 19.1 Å². The fourth-order valence-electron chi connectivity index (χ4n) is 1.71. The zero-order valence-electron chi connectivity index (χ0n) is 12.1. The first-order chi connectivity index (χ1) is 8.47. The van der Waals surface area contributed by atoms with Gasteiger partial charge in [0.2, 0.25) is 0 Å². The van der Waals surface area contributed by atoms with Crippen molar-refractivity contribution in [3.8, 4) is 0 Å². The third kappa shape index (κ3) is 11.6. The Hall–Kier alpha value is -1.23. The Morgan fingerprint density at radius 3 is 2.16 bits per heavy atom. The van der Waals surface area contributed by atoms with E-state index in [-0.39, 0.29) is 14.5 Å². The van der Waals surface area contributed by atoms with Gasteiger partial charge in [-0.05, 0) is 25.5 Å². The lowest BCUT2D eigenvalue weighted by Gasteiger charge is -2.20. The first-order valence-electron chi connectivity index (χ1n) is 6.45. The van der Waals surface area contributed by atoms with Crippen LogP contribution >= 0.6 is 0 Å². The highest BCUT2D eigenvalue weighted by atomic mass is 16.4. The second-order valence-electron chi connectivity index (χ2n) is 4.54. The summed E-state index contributed by atoms with van der Waals surface area (Å²) in [6, 6.07) is 4.05. The molecule has 0 spiro atoms. The van der Waals surface area contributed by atoms with Gasteiger partial charge in [0.05, 0.1) is 6.10 Å². The molecule has 1 rings (SSSR count). The fourth-order valence-corrected chi connectivity index (χ4v) is 1.71. The largest absolute Gasteiger partial charge is 0.481 e. The van der Waals surface area contributed by atoms with Crippen LogP contribution in [0.1, 0.15) is 40.0 Å². The number of aliphatic carboxylic acids is 1. The maximum absolute atomic E-state index is 9.62. The quantitative estimate of drug-likeness (QED) is 0.777. The molecule has 0 saturated heterocycles.